The van der Waals surface area contributed by atoms with Crippen molar-refractivity contribution in [1.29, 1.82) is 0 Å². The molecule has 1 nitrogen and oxygen atoms in total. The van der Waals surface area contributed by atoms with Gasteiger partial charge in [-0.2, -0.15) is 0 Å². The third kappa shape index (κ3) is 3.38. The summed E-state index contributed by atoms with van der Waals surface area (Å²) in [7, 11) is -0.753. The Morgan fingerprint density at radius 1 is 1.00 bits per heavy atom. The Kier molecular flexibility index (Phi) is 4.39. The van der Waals surface area contributed by atoms with Gasteiger partial charge in [-0.3, -0.25) is 0 Å². The molecule has 2 heteroatoms. The highest BCUT2D eigenvalue weighted by molar-refractivity contribution is 6.55. The highest BCUT2D eigenvalue weighted by Crippen LogP contribution is 2.25. The van der Waals surface area contributed by atoms with Crippen molar-refractivity contribution >= 4 is 9.04 Å². The maximum atomic E-state index is 6.17. The third-order valence-electron chi connectivity index (χ3n) is 2.46. The van der Waals surface area contributed by atoms with Gasteiger partial charge in [0.2, 0.25) is 0 Å². The Hall–Kier alpha value is -0.763. The molecule has 0 unspecified atom stereocenters. The molecule has 0 spiro atoms. The SMILES string of the molecule is Cc1ccccc1O[Si](C(C)C)C(C)C. The van der Waals surface area contributed by atoms with Crippen molar-refractivity contribution in [1.82, 2.24) is 0 Å². The molecule has 0 atom stereocenters. The van der Waals surface area contributed by atoms with Crippen LogP contribution < -0.4 is 4.43 Å². The molecular formula is C13H21OSi. The predicted octanol–water partition coefficient (Wildman–Crippen LogP) is 4.19. The molecule has 0 aliphatic heterocycles. The lowest BCUT2D eigenvalue weighted by Crippen LogP contribution is -2.29. The summed E-state index contributed by atoms with van der Waals surface area (Å²) in [6.07, 6.45) is 0. The fourth-order valence-electron chi connectivity index (χ4n) is 1.70. The van der Waals surface area contributed by atoms with E-state index in [1.165, 1.54) is 5.56 Å². The number of aryl methyl sites for hydroxylation is 1. The van der Waals surface area contributed by atoms with Crippen molar-refractivity contribution in [2.24, 2.45) is 0 Å². The van der Waals surface area contributed by atoms with E-state index in [4.69, 9.17) is 4.43 Å². The van der Waals surface area contributed by atoms with Gasteiger partial charge in [0.05, 0.1) is 0 Å². The maximum Gasteiger partial charge on any atom is 0.286 e. The number of hydrogen-bond donors (Lipinski definition) is 0. The number of benzene rings is 1. The van der Waals surface area contributed by atoms with Gasteiger partial charge in [0.15, 0.2) is 0 Å². The minimum atomic E-state index is -0.753. The zero-order valence-corrected chi connectivity index (χ0v) is 11.4. The molecule has 0 aliphatic rings. The van der Waals surface area contributed by atoms with Crippen molar-refractivity contribution in [2.45, 2.75) is 45.7 Å². The number of para-hydroxylation sites is 1. The topological polar surface area (TPSA) is 9.23 Å². The Morgan fingerprint density at radius 2 is 1.53 bits per heavy atom. The standard InChI is InChI=1S/C13H21OSi/c1-10(2)15(11(3)4)14-13-9-7-6-8-12(13)5/h6-11H,1-5H3. The molecule has 0 aliphatic carbocycles. The first-order valence-electron chi connectivity index (χ1n) is 5.62. The molecule has 0 N–H and O–H groups in total. The molecule has 1 aromatic rings. The summed E-state index contributed by atoms with van der Waals surface area (Å²) >= 11 is 0. The smallest absolute Gasteiger partial charge is 0.286 e. The van der Waals surface area contributed by atoms with Crippen molar-refractivity contribution in [2.75, 3.05) is 0 Å². The summed E-state index contributed by atoms with van der Waals surface area (Å²) < 4.78 is 6.17. The Balaban J connectivity index is 2.79. The zero-order valence-electron chi connectivity index (χ0n) is 10.4. The molecular weight excluding hydrogens is 200 g/mol. The van der Waals surface area contributed by atoms with Crippen molar-refractivity contribution in [3.05, 3.63) is 29.8 Å². The fourth-order valence-corrected chi connectivity index (χ4v) is 3.99. The van der Waals surface area contributed by atoms with Crippen LogP contribution in [-0.4, -0.2) is 9.04 Å². The summed E-state index contributed by atoms with van der Waals surface area (Å²) in [5, 5.41) is 0. The van der Waals surface area contributed by atoms with E-state index in [9.17, 15) is 0 Å². The van der Waals surface area contributed by atoms with Crippen molar-refractivity contribution < 1.29 is 4.43 Å². The number of hydrogen-bond acceptors (Lipinski definition) is 1. The predicted molar refractivity (Wildman–Crippen MR) is 67.8 cm³/mol. The molecule has 1 radical (unpaired) electrons. The zero-order chi connectivity index (χ0) is 11.4. The molecule has 83 valence electrons. The van der Waals surface area contributed by atoms with E-state index in [0.29, 0.717) is 11.1 Å². The van der Waals surface area contributed by atoms with Crippen LogP contribution in [0.3, 0.4) is 0 Å². The normalized spacial score (nSPS) is 11.5. The van der Waals surface area contributed by atoms with E-state index >= 15 is 0 Å². The lowest BCUT2D eigenvalue weighted by molar-refractivity contribution is 0.532. The average molecular weight is 221 g/mol. The fraction of sp³-hybridized carbons (Fsp3) is 0.538. The molecule has 1 aromatic carbocycles. The van der Waals surface area contributed by atoms with Crippen molar-refractivity contribution in [3.8, 4) is 5.75 Å². The van der Waals surface area contributed by atoms with Crippen LogP contribution in [0.4, 0.5) is 0 Å². The lowest BCUT2D eigenvalue weighted by Gasteiger charge is -2.23. The highest BCUT2D eigenvalue weighted by atomic mass is 28.3. The van der Waals surface area contributed by atoms with Gasteiger partial charge in [-0.25, -0.2) is 0 Å². The monoisotopic (exact) mass is 221 g/mol. The van der Waals surface area contributed by atoms with E-state index in [1.807, 2.05) is 6.07 Å². The largest absolute Gasteiger partial charge is 0.541 e. The summed E-state index contributed by atoms with van der Waals surface area (Å²) in [4.78, 5) is 0. The van der Waals surface area contributed by atoms with Crippen molar-refractivity contribution in [3.63, 3.8) is 0 Å². The van der Waals surface area contributed by atoms with Gasteiger partial charge in [-0.05, 0) is 29.6 Å². The second kappa shape index (κ2) is 5.36. The molecule has 15 heavy (non-hydrogen) atoms. The molecule has 0 fully saturated rings. The molecule has 1 rings (SSSR count). The molecule has 0 heterocycles. The Bertz CT molecular complexity index is 299. The van der Waals surface area contributed by atoms with Gasteiger partial charge in [0.1, 0.15) is 5.75 Å². The second-order valence-electron chi connectivity index (χ2n) is 4.58. The summed E-state index contributed by atoms with van der Waals surface area (Å²) in [5.74, 6) is 1.06. The quantitative estimate of drug-likeness (QED) is 0.693. The molecule has 0 aromatic heterocycles. The molecule has 0 bridgehead atoms. The van der Waals surface area contributed by atoms with E-state index in [1.54, 1.807) is 0 Å². The van der Waals surface area contributed by atoms with E-state index in [2.05, 4.69) is 52.8 Å². The van der Waals surface area contributed by atoms with Crippen LogP contribution in [0.15, 0.2) is 24.3 Å². The first-order chi connectivity index (χ1) is 7.02. The van der Waals surface area contributed by atoms with E-state index in [-0.39, 0.29) is 0 Å². The van der Waals surface area contributed by atoms with Crippen LogP contribution >= 0.6 is 0 Å². The average Bonchev–Trinajstić information content (AvgIpc) is 2.15. The summed E-state index contributed by atoms with van der Waals surface area (Å²) in [6.45, 7) is 11.1. The van der Waals surface area contributed by atoms with Gasteiger partial charge >= 0.3 is 0 Å². The van der Waals surface area contributed by atoms with Gasteiger partial charge in [0.25, 0.3) is 9.04 Å². The second-order valence-corrected chi connectivity index (χ2v) is 7.90. The molecule has 0 saturated carbocycles. The van der Waals surface area contributed by atoms with Crippen LogP contribution in [-0.2, 0) is 0 Å². The Labute approximate surface area is 95.2 Å². The van der Waals surface area contributed by atoms with Gasteiger partial charge in [-0.15, -0.1) is 0 Å². The first kappa shape index (κ1) is 12.3. The van der Waals surface area contributed by atoms with Crippen LogP contribution in [0.5, 0.6) is 5.75 Å². The van der Waals surface area contributed by atoms with Gasteiger partial charge in [-0.1, -0.05) is 45.9 Å². The van der Waals surface area contributed by atoms with E-state index < -0.39 is 9.04 Å². The van der Waals surface area contributed by atoms with Crippen LogP contribution in [0, 0.1) is 6.92 Å². The first-order valence-corrected chi connectivity index (χ1v) is 7.19. The minimum absolute atomic E-state index is 0.648. The maximum absolute atomic E-state index is 6.17. The van der Waals surface area contributed by atoms with Gasteiger partial charge < -0.3 is 4.43 Å². The van der Waals surface area contributed by atoms with Crippen LogP contribution in [0.1, 0.15) is 33.3 Å². The van der Waals surface area contributed by atoms with Gasteiger partial charge in [0, 0.05) is 0 Å². The summed E-state index contributed by atoms with van der Waals surface area (Å²) in [6, 6.07) is 8.28. The Morgan fingerprint density at radius 3 is 2.00 bits per heavy atom. The highest BCUT2D eigenvalue weighted by Gasteiger charge is 2.24. The third-order valence-corrected chi connectivity index (χ3v) is 5.19. The molecule has 0 saturated heterocycles. The molecule has 0 amide bonds. The lowest BCUT2D eigenvalue weighted by atomic mass is 10.2. The van der Waals surface area contributed by atoms with E-state index in [0.717, 1.165) is 5.75 Å². The number of rotatable bonds is 4. The summed E-state index contributed by atoms with van der Waals surface area (Å²) in [5.41, 5.74) is 2.53. The van der Waals surface area contributed by atoms with Crippen LogP contribution in [0.2, 0.25) is 11.1 Å². The van der Waals surface area contributed by atoms with Crippen LogP contribution in [0.25, 0.3) is 0 Å². The minimum Gasteiger partial charge on any atom is -0.541 e.